The predicted octanol–water partition coefficient (Wildman–Crippen LogP) is 4.80. The lowest BCUT2D eigenvalue weighted by molar-refractivity contribution is -0.137. The van der Waals surface area contributed by atoms with Crippen molar-refractivity contribution in [2.75, 3.05) is 18.4 Å². The third-order valence-corrected chi connectivity index (χ3v) is 6.46. The molecular formula is C24H21F4N5O. The maximum atomic E-state index is 14.2. The van der Waals surface area contributed by atoms with E-state index in [1.165, 1.54) is 18.2 Å². The number of halogens is 4. The van der Waals surface area contributed by atoms with Gasteiger partial charge in [-0.1, -0.05) is 0 Å². The summed E-state index contributed by atoms with van der Waals surface area (Å²) in [5.41, 5.74) is -0.198. The first-order chi connectivity index (χ1) is 16.2. The van der Waals surface area contributed by atoms with E-state index in [0.29, 0.717) is 17.9 Å². The molecule has 0 bridgehead atoms. The van der Waals surface area contributed by atoms with Gasteiger partial charge in [-0.05, 0) is 61.1 Å². The normalized spacial score (nSPS) is 18.8. The molecule has 1 spiro atoms. The number of aromatic nitrogens is 3. The third-order valence-electron chi connectivity index (χ3n) is 6.46. The number of likely N-dealkylation sites (tertiary alicyclic amines) is 1. The van der Waals surface area contributed by atoms with Gasteiger partial charge in [-0.15, -0.1) is 0 Å². The van der Waals surface area contributed by atoms with Gasteiger partial charge < -0.3 is 10.2 Å². The van der Waals surface area contributed by atoms with E-state index in [1.54, 1.807) is 23.4 Å². The first kappa shape index (κ1) is 22.2. The van der Waals surface area contributed by atoms with Crippen LogP contribution in [-0.2, 0) is 6.18 Å². The summed E-state index contributed by atoms with van der Waals surface area (Å²) in [6, 6.07) is 7.16. The van der Waals surface area contributed by atoms with Gasteiger partial charge in [-0.3, -0.25) is 4.79 Å². The van der Waals surface area contributed by atoms with Crippen molar-refractivity contribution in [3.05, 3.63) is 71.9 Å². The Hall–Kier alpha value is -3.56. The molecule has 2 aliphatic rings. The number of carbonyl (C=O) groups is 1. The highest BCUT2D eigenvalue weighted by Crippen LogP contribution is 2.55. The standard InChI is InChI=1S/C24H21F4N5O/c25-16-2-3-18(21-30-7-1-8-31-21)19(11-16)22(34)33-14-23(5-6-23)12-17(33)13-32-20-10-15(4-9-29-20)24(26,27)28/h1-4,7-11,17H,5-6,12-14H2,(H,29,32). The number of nitrogens with one attached hydrogen (secondary N) is 1. The second kappa shape index (κ2) is 8.34. The summed E-state index contributed by atoms with van der Waals surface area (Å²) in [5, 5.41) is 2.95. The average Bonchev–Trinajstić information content (AvgIpc) is 3.48. The number of alkyl halides is 3. The fourth-order valence-corrected chi connectivity index (χ4v) is 4.53. The van der Waals surface area contributed by atoms with E-state index >= 15 is 0 Å². The lowest BCUT2D eigenvalue weighted by Crippen LogP contribution is -2.40. The number of pyridine rings is 1. The molecule has 1 atom stereocenters. The van der Waals surface area contributed by atoms with E-state index in [9.17, 15) is 22.4 Å². The van der Waals surface area contributed by atoms with Crippen LogP contribution in [0.1, 0.15) is 35.2 Å². The van der Waals surface area contributed by atoms with Crippen molar-refractivity contribution in [1.29, 1.82) is 0 Å². The van der Waals surface area contributed by atoms with Crippen LogP contribution in [-0.4, -0.2) is 44.9 Å². The van der Waals surface area contributed by atoms with Crippen LogP contribution in [0, 0.1) is 11.2 Å². The highest BCUT2D eigenvalue weighted by molar-refractivity contribution is 6.00. The van der Waals surface area contributed by atoms with E-state index in [4.69, 9.17) is 0 Å². The maximum absolute atomic E-state index is 14.2. The molecule has 1 amide bonds. The van der Waals surface area contributed by atoms with Crippen LogP contribution in [0.25, 0.3) is 11.4 Å². The SMILES string of the molecule is O=C(c1cc(F)ccc1-c1ncccn1)N1CC2(CC2)CC1CNc1cc(C(F)(F)F)ccn1. The van der Waals surface area contributed by atoms with E-state index in [0.717, 1.165) is 37.6 Å². The Balaban J connectivity index is 1.40. The van der Waals surface area contributed by atoms with Crippen LogP contribution in [0.15, 0.2) is 55.0 Å². The number of nitrogens with zero attached hydrogens (tertiary/aromatic N) is 4. The van der Waals surface area contributed by atoms with Crippen molar-refractivity contribution in [3.8, 4) is 11.4 Å². The minimum absolute atomic E-state index is 0.0139. The Morgan fingerprint density at radius 1 is 1.09 bits per heavy atom. The third kappa shape index (κ3) is 4.44. The van der Waals surface area contributed by atoms with Crippen LogP contribution in [0.2, 0.25) is 0 Å². The summed E-state index contributed by atoms with van der Waals surface area (Å²) < 4.78 is 53.3. The largest absolute Gasteiger partial charge is 0.416 e. The minimum Gasteiger partial charge on any atom is -0.368 e. The van der Waals surface area contributed by atoms with Crippen molar-refractivity contribution in [1.82, 2.24) is 19.9 Å². The molecule has 2 fully saturated rings. The summed E-state index contributed by atoms with van der Waals surface area (Å²) in [5.74, 6) is -0.502. The Labute approximate surface area is 193 Å². The summed E-state index contributed by atoms with van der Waals surface area (Å²) in [4.78, 5) is 27.7. The smallest absolute Gasteiger partial charge is 0.368 e. The molecule has 2 aromatic heterocycles. The fraction of sp³-hybridized carbons (Fsp3) is 0.333. The molecule has 1 saturated carbocycles. The van der Waals surface area contributed by atoms with Crippen LogP contribution >= 0.6 is 0 Å². The van der Waals surface area contributed by atoms with Gasteiger partial charge in [-0.25, -0.2) is 19.3 Å². The number of rotatable bonds is 5. The molecule has 176 valence electrons. The van der Waals surface area contributed by atoms with E-state index in [2.05, 4.69) is 20.3 Å². The molecule has 6 nitrogen and oxygen atoms in total. The Bertz CT molecular complexity index is 1210. The van der Waals surface area contributed by atoms with E-state index in [1.807, 2.05) is 0 Å². The van der Waals surface area contributed by atoms with Crippen LogP contribution in [0.4, 0.5) is 23.4 Å². The second-order valence-electron chi connectivity index (χ2n) is 8.86. The molecule has 0 radical (unpaired) electrons. The highest BCUT2D eigenvalue weighted by Gasteiger charge is 2.53. The number of carbonyl (C=O) groups excluding carboxylic acids is 1. The van der Waals surface area contributed by atoms with Crippen molar-refractivity contribution < 1.29 is 22.4 Å². The molecule has 3 heterocycles. The van der Waals surface area contributed by atoms with Gasteiger partial charge in [0.1, 0.15) is 11.6 Å². The first-order valence-corrected chi connectivity index (χ1v) is 10.9. The number of hydrogen-bond donors (Lipinski definition) is 1. The molecule has 1 saturated heterocycles. The zero-order chi connectivity index (χ0) is 23.9. The molecule has 1 unspecified atom stereocenters. The van der Waals surface area contributed by atoms with Crippen molar-refractivity contribution in [2.24, 2.45) is 5.41 Å². The monoisotopic (exact) mass is 471 g/mol. The van der Waals surface area contributed by atoms with Gasteiger partial charge >= 0.3 is 6.18 Å². The van der Waals surface area contributed by atoms with Crippen LogP contribution in [0.5, 0.6) is 0 Å². The zero-order valence-corrected chi connectivity index (χ0v) is 18.0. The van der Waals surface area contributed by atoms with Gasteiger partial charge in [0.25, 0.3) is 5.91 Å². The van der Waals surface area contributed by atoms with Gasteiger partial charge in [0.2, 0.25) is 0 Å². The lowest BCUT2D eigenvalue weighted by atomic mass is 10.0. The minimum atomic E-state index is -4.47. The second-order valence-corrected chi connectivity index (χ2v) is 8.86. The Kier molecular flexibility index (Phi) is 5.45. The van der Waals surface area contributed by atoms with Crippen molar-refractivity contribution >= 4 is 11.7 Å². The summed E-state index contributed by atoms with van der Waals surface area (Å²) in [7, 11) is 0. The number of amides is 1. The average molecular weight is 471 g/mol. The van der Waals surface area contributed by atoms with Gasteiger partial charge in [-0.2, -0.15) is 13.2 Å². The summed E-state index contributed by atoms with van der Waals surface area (Å²) >= 11 is 0. The zero-order valence-electron chi connectivity index (χ0n) is 18.0. The maximum Gasteiger partial charge on any atom is 0.416 e. The number of benzene rings is 1. The lowest BCUT2D eigenvalue weighted by Gasteiger charge is -2.26. The first-order valence-electron chi connectivity index (χ1n) is 10.9. The Morgan fingerprint density at radius 3 is 2.56 bits per heavy atom. The fourth-order valence-electron chi connectivity index (χ4n) is 4.53. The molecular weight excluding hydrogens is 450 g/mol. The predicted molar refractivity (Wildman–Crippen MR) is 116 cm³/mol. The number of anilines is 1. The van der Waals surface area contributed by atoms with Crippen molar-refractivity contribution in [3.63, 3.8) is 0 Å². The molecule has 3 aromatic rings. The molecule has 1 N–H and O–H groups in total. The molecule has 1 aromatic carbocycles. The van der Waals surface area contributed by atoms with Gasteiger partial charge in [0.05, 0.1) is 11.1 Å². The van der Waals surface area contributed by atoms with Crippen molar-refractivity contribution in [2.45, 2.75) is 31.5 Å². The summed E-state index contributed by atoms with van der Waals surface area (Å²) in [6.45, 7) is 0.744. The summed E-state index contributed by atoms with van der Waals surface area (Å²) in [6.07, 6.45) is 2.40. The molecule has 10 heteroatoms. The van der Waals surface area contributed by atoms with E-state index in [-0.39, 0.29) is 35.3 Å². The quantitative estimate of drug-likeness (QED) is 0.541. The molecule has 1 aliphatic carbocycles. The van der Waals surface area contributed by atoms with Gasteiger partial charge in [0, 0.05) is 43.3 Å². The van der Waals surface area contributed by atoms with E-state index < -0.39 is 17.6 Å². The Morgan fingerprint density at radius 2 is 1.85 bits per heavy atom. The highest BCUT2D eigenvalue weighted by atomic mass is 19.4. The molecule has 5 rings (SSSR count). The van der Waals surface area contributed by atoms with Gasteiger partial charge in [0.15, 0.2) is 5.82 Å². The topological polar surface area (TPSA) is 71.0 Å². The van der Waals surface area contributed by atoms with Crippen LogP contribution in [0.3, 0.4) is 0 Å². The number of hydrogen-bond acceptors (Lipinski definition) is 5. The molecule has 34 heavy (non-hydrogen) atoms. The molecule has 1 aliphatic heterocycles. The van der Waals surface area contributed by atoms with Crippen LogP contribution < -0.4 is 5.32 Å².